The lowest BCUT2D eigenvalue weighted by atomic mass is 9.88. The Balaban J connectivity index is 0.00000180. The minimum absolute atomic E-state index is 0. The molecule has 10 heteroatoms. The molecule has 198 valence electrons. The molecule has 2 saturated heterocycles. The molecule has 0 bridgehead atoms. The van der Waals surface area contributed by atoms with Gasteiger partial charge in [0.25, 0.3) is 0 Å². The van der Waals surface area contributed by atoms with Crippen LogP contribution >= 0.6 is 24.8 Å². The molecule has 4 atom stereocenters. The second-order valence-electron chi connectivity index (χ2n) is 10.7. The van der Waals surface area contributed by atoms with Crippen LogP contribution in [0.3, 0.4) is 0 Å². The molecule has 2 N–H and O–H groups in total. The van der Waals surface area contributed by atoms with Crippen LogP contribution in [0.1, 0.15) is 74.8 Å². The molecule has 2 aromatic rings. The Bertz CT molecular complexity index is 1060. The topological polar surface area (TPSA) is 81.6 Å². The van der Waals surface area contributed by atoms with Crippen LogP contribution in [-0.4, -0.2) is 63.6 Å². The zero-order chi connectivity index (χ0) is 24.0. The van der Waals surface area contributed by atoms with Gasteiger partial charge in [0.2, 0.25) is 5.91 Å². The second-order valence-corrected chi connectivity index (χ2v) is 10.7. The summed E-state index contributed by atoms with van der Waals surface area (Å²) >= 11 is 0. The van der Waals surface area contributed by atoms with E-state index in [1.54, 1.807) is 12.1 Å². The number of halogens is 3. The summed E-state index contributed by atoms with van der Waals surface area (Å²) < 4.78 is 13.6. The average molecular weight is 541 g/mol. The summed E-state index contributed by atoms with van der Waals surface area (Å²) in [6.45, 7) is 8.98. The Morgan fingerprint density at radius 3 is 2.42 bits per heavy atom. The van der Waals surface area contributed by atoms with Crippen molar-refractivity contribution >= 4 is 36.5 Å². The third kappa shape index (κ3) is 5.47. The van der Waals surface area contributed by atoms with E-state index >= 15 is 0 Å². The molecule has 2 fully saturated rings. The van der Waals surface area contributed by atoms with Crippen molar-refractivity contribution in [1.82, 2.24) is 20.2 Å². The Hall–Kier alpha value is -2.00. The number of fused-ring (bicyclic) bond motifs is 1. The first-order valence-electron chi connectivity index (χ1n) is 12.3. The van der Waals surface area contributed by atoms with Crippen molar-refractivity contribution in [2.24, 2.45) is 0 Å². The van der Waals surface area contributed by atoms with E-state index in [-0.39, 0.29) is 60.0 Å². The predicted octanol–water partition coefficient (Wildman–Crippen LogP) is 3.96. The summed E-state index contributed by atoms with van der Waals surface area (Å²) in [6, 6.07) is 6.41. The van der Waals surface area contributed by atoms with Gasteiger partial charge in [0, 0.05) is 43.3 Å². The zero-order valence-electron chi connectivity index (χ0n) is 21.0. The highest BCUT2D eigenvalue weighted by molar-refractivity contribution is 5.86. The first-order chi connectivity index (χ1) is 16.2. The number of aliphatic hydroxyl groups is 1. The Morgan fingerprint density at radius 1 is 1.14 bits per heavy atom. The van der Waals surface area contributed by atoms with E-state index in [1.165, 1.54) is 18.5 Å². The fraction of sp³-hybridized carbons (Fsp3) is 0.577. The number of hydrogen-bond acceptors (Lipinski definition) is 6. The summed E-state index contributed by atoms with van der Waals surface area (Å²) in [5, 5.41) is 14.0. The first kappa shape index (κ1) is 28.6. The van der Waals surface area contributed by atoms with Gasteiger partial charge in [-0.15, -0.1) is 24.8 Å². The van der Waals surface area contributed by atoms with Crippen LogP contribution in [0.4, 0.5) is 10.2 Å². The summed E-state index contributed by atoms with van der Waals surface area (Å²) in [4.78, 5) is 26.9. The Kier molecular flexibility index (Phi) is 8.87. The van der Waals surface area contributed by atoms with Gasteiger partial charge in [0.05, 0.1) is 17.7 Å². The third-order valence-corrected chi connectivity index (χ3v) is 7.72. The minimum Gasteiger partial charge on any atom is -0.387 e. The lowest BCUT2D eigenvalue weighted by Gasteiger charge is -2.39. The number of nitrogens with zero attached hydrogens (tertiary/aromatic N) is 4. The van der Waals surface area contributed by atoms with Crippen molar-refractivity contribution in [2.75, 3.05) is 31.1 Å². The smallest absolute Gasteiger partial charge is 0.231 e. The fourth-order valence-electron chi connectivity index (χ4n) is 5.92. The quantitative estimate of drug-likeness (QED) is 0.611. The van der Waals surface area contributed by atoms with E-state index in [0.29, 0.717) is 32.6 Å². The monoisotopic (exact) mass is 539 g/mol. The molecular weight excluding hydrogens is 504 g/mol. The molecule has 1 aliphatic carbocycles. The molecule has 0 radical (unpaired) electrons. The summed E-state index contributed by atoms with van der Waals surface area (Å²) in [6.07, 6.45) is 3.58. The maximum Gasteiger partial charge on any atom is 0.231 e. The van der Waals surface area contributed by atoms with Gasteiger partial charge >= 0.3 is 0 Å². The van der Waals surface area contributed by atoms with Gasteiger partial charge in [-0.05, 0) is 56.7 Å². The molecule has 36 heavy (non-hydrogen) atoms. The van der Waals surface area contributed by atoms with Crippen molar-refractivity contribution in [3.8, 4) is 0 Å². The largest absolute Gasteiger partial charge is 0.387 e. The van der Waals surface area contributed by atoms with E-state index in [9.17, 15) is 14.3 Å². The van der Waals surface area contributed by atoms with Crippen molar-refractivity contribution in [3.05, 3.63) is 53.2 Å². The number of aromatic nitrogens is 2. The van der Waals surface area contributed by atoms with Crippen LogP contribution in [0.15, 0.2) is 30.6 Å². The lowest BCUT2D eigenvalue weighted by molar-refractivity contribution is -0.133. The summed E-state index contributed by atoms with van der Waals surface area (Å²) in [5.41, 5.74) is 2.62. The third-order valence-electron chi connectivity index (χ3n) is 7.72. The van der Waals surface area contributed by atoms with Gasteiger partial charge in [-0.25, -0.2) is 14.4 Å². The maximum absolute atomic E-state index is 13.8. The molecule has 0 saturated carbocycles. The number of anilines is 1. The number of carbonyl (C=O) groups is 1. The highest BCUT2D eigenvalue weighted by atomic mass is 35.5. The predicted molar refractivity (Wildman–Crippen MR) is 143 cm³/mol. The Morgan fingerprint density at radius 2 is 1.81 bits per heavy atom. The maximum atomic E-state index is 13.8. The van der Waals surface area contributed by atoms with Crippen molar-refractivity contribution < 1.29 is 14.3 Å². The van der Waals surface area contributed by atoms with Gasteiger partial charge in [-0.2, -0.15) is 0 Å². The van der Waals surface area contributed by atoms with E-state index in [4.69, 9.17) is 0 Å². The fourth-order valence-corrected chi connectivity index (χ4v) is 5.92. The van der Waals surface area contributed by atoms with Crippen LogP contribution in [-0.2, 0) is 4.79 Å². The van der Waals surface area contributed by atoms with E-state index in [2.05, 4.69) is 41.0 Å². The number of nitrogens with one attached hydrogen (secondary N) is 1. The molecule has 0 unspecified atom stereocenters. The number of amides is 1. The van der Waals surface area contributed by atoms with Crippen molar-refractivity contribution in [1.29, 1.82) is 0 Å². The van der Waals surface area contributed by atoms with Crippen LogP contribution in [0.25, 0.3) is 0 Å². The average Bonchev–Trinajstić information content (AvgIpc) is 3.33. The highest BCUT2D eigenvalue weighted by Crippen LogP contribution is 2.43. The van der Waals surface area contributed by atoms with Gasteiger partial charge in [-0.1, -0.05) is 19.1 Å². The molecule has 3 heterocycles. The Labute approximate surface area is 224 Å². The summed E-state index contributed by atoms with van der Waals surface area (Å²) in [5.74, 6) is 0.557. The van der Waals surface area contributed by atoms with Gasteiger partial charge in [0.1, 0.15) is 18.0 Å². The molecule has 1 amide bonds. The van der Waals surface area contributed by atoms with E-state index in [0.717, 1.165) is 35.5 Å². The van der Waals surface area contributed by atoms with Gasteiger partial charge in [-0.3, -0.25) is 4.79 Å². The number of rotatable bonds is 4. The molecule has 3 aliphatic rings. The SMILES string of the molecule is C[C@@H]1C[C@@H](O)c2ncnc(N3CCN(C(=O)[C@@H](c4ccc(F)cc4)[C@@H]4CCC(C)(C)N4)CC3)c21.Cl.Cl. The molecule has 1 aromatic heterocycles. The number of benzene rings is 1. The number of carbonyl (C=O) groups excluding carboxylic acids is 1. The second kappa shape index (κ2) is 11.2. The van der Waals surface area contributed by atoms with E-state index in [1.807, 2.05) is 4.90 Å². The van der Waals surface area contributed by atoms with Gasteiger partial charge < -0.3 is 20.2 Å². The summed E-state index contributed by atoms with van der Waals surface area (Å²) in [7, 11) is 0. The number of hydrogen-bond donors (Lipinski definition) is 2. The van der Waals surface area contributed by atoms with Gasteiger partial charge in [0.15, 0.2) is 0 Å². The lowest BCUT2D eigenvalue weighted by Crippen LogP contribution is -2.53. The van der Waals surface area contributed by atoms with Crippen LogP contribution in [0.5, 0.6) is 0 Å². The van der Waals surface area contributed by atoms with Crippen molar-refractivity contribution in [2.45, 2.75) is 69.6 Å². The molecule has 7 nitrogen and oxygen atoms in total. The van der Waals surface area contributed by atoms with E-state index < -0.39 is 6.10 Å². The number of aliphatic hydroxyl groups excluding tert-OH is 1. The van der Waals surface area contributed by atoms with Crippen LogP contribution in [0.2, 0.25) is 0 Å². The normalized spacial score (nSPS) is 25.5. The molecule has 2 aliphatic heterocycles. The zero-order valence-corrected chi connectivity index (χ0v) is 22.6. The highest BCUT2D eigenvalue weighted by Gasteiger charge is 2.41. The molecular formula is C26H36Cl2FN5O2. The molecule has 1 aromatic carbocycles. The van der Waals surface area contributed by atoms with Crippen LogP contribution in [0, 0.1) is 5.82 Å². The number of piperazine rings is 1. The minimum atomic E-state index is -0.533. The van der Waals surface area contributed by atoms with Crippen LogP contribution < -0.4 is 10.2 Å². The molecule has 0 spiro atoms. The first-order valence-corrected chi connectivity index (χ1v) is 12.3. The standard InChI is InChI=1S/C26H34FN5O2.2ClH/c1-16-14-20(33)23-21(16)24(29-15-28-23)31-10-12-32(13-11-31)25(34)22(17-4-6-18(27)7-5-17)19-8-9-26(2,3)30-19;;/h4-7,15-16,19-20,22,30,33H,8-14H2,1-3H3;2*1H/t16-,19+,20-,22+;;/m1../s1. The van der Waals surface area contributed by atoms with Crippen molar-refractivity contribution in [3.63, 3.8) is 0 Å². The molecule has 5 rings (SSSR count).